The van der Waals surface area contributed by atoms with Crippen molar-refractivity contribution >= 4 is 23.6 Å². The Bertz CT molecular complexity index is 804. The molecule has 0 radical (unpaired) electrons. The van der Waals surface area contributed by atoms with E-state index in [-0.39, 0.29) is 17.9 Å². The van der Waals surface area contributed by atoms with Gasteiger partial charge in [-0.1, -0.05) is 17.8 Å². The normalized spacial score (nSPS) is 21.8. The first-order valence-corrected chi connectivity index (χ1v) is 10.1. The SMILES string of the molecule is O=C(c1cnccn1)N1C[C@@H]2CC[C@H](C1)N(C(=O)CSc1ccccn1)C2. The first-order chi connectivity index (χ1) is 13.2. The standard InChI is InChI=1S/C19H21N5O2S/c25-18(13-27-17-3-1-2-6-22-17)24-11-14-4-5-15(24)12-23(10-14)19(26)16-9-20-7-8-21-16/h1-3,6-9,14-15H,4-5,10-13H2/t14-,15+/m0/s1. The topological polar surface area (TPSA) is 79.3 Å². The number of piperidine rings is 1. The molecule has 2 bridgehead atoms. The molecule has 0 aromatic carbocycles. The summed E-state index contributed by atoms with van der Waals surface area (Å²) in [6.07, 6.45) is 8.31. The van der Waals surface area contributed by atoms with E-state index in [2.05, 4.69) is 15.0 Å². The summed E-state index contributed by atoms with van der Waals surface area (Å²) in [4.78, 5) is 41.8. The molecule has 3 fully saturated rings. The molecule has 5 rings (SSSR count). The lowest BCUT2D eigenvalue weighted by Gasteiger charge is -2.36. The largest absolute Gasteiger partial charge is 0.337 e. The van der Waals surface area contributed by atoms with Gasteiger partial charge < -0.3 is 9.80 Å². The summed E-state index contributed by atoms with van der Waals surface area (Å²) in [6, 6.07) is 5.76. The highest BCUT2D eigenvalue weighted by Gasteiger charge is 2.38. The highest BCUT2D eigenvalue weighted by Crippen LogP contribution is 2.29. The van der Waals surface area contributed by atoms with Gasteiger partial charge in [0.05, 0.1) is 17.0 Å². The number of nitrogens with zero attached hydrogens (tertiary/aromatic N) is 5. The molecule has 3 saturated heterocycles. The molecule has 0 saturated carbocycles. The van der Waals surface area contributed by atoms with Crippen molar-refractivity contribution in [3.05, 3.63) is 48.7 Å². The molecule has 0 N–H and O–H groups in total. The molecule has 0 aliphatic carbocycles. The van der Waals surface area contributed by atoms with E-state index in [9.17, 15) is 9.59 Å². The van der Waals surface area contributed by atoms with Crippen LogP contribution in [0.15, 0.2) is 48.0 Å². The fourth-order valence-corrected chi connectivity index (χ4v) is 4.52. The second kappa shape index (κ2) is 8.04. The molecule has 2 aromatic heterocycles. The van der Waals surface area contributed by atoms with E-state index in [0.717, 1.165) is 24.4 Å². The third kappa shape index (κ3) is 4.10. The smallest absolute Gasteiger partial charge is 0.274 e. The van der Waals surface area contributed by atoms with Crippen molar-refractivity contribution in [1.82, 2.24) is 24.8 Å². The molecule has 0 spiro atoms. The fraction of sp³-hybridized carbons (Fsp3) is 0.421. The molecule has 2 atom stereocenters. The van der Waals surface area contributed by atoms with Crippen LogP contribution in [-0.2, 0) is 4.79 Å². The molecule has 2 amide bonds. The molecule has 3 aliphatic heterocycles. The molecule has 2 aromatic rings. The second-order valence-corrected chi connectivity index (χ2v) is 7.90. The van der Waals surface area contributed by atoms with Crippen molar-refractivity contribution in [2.75, 3.05) is 25.4 Å². The van der Waals surface area contributed by atoms with Crippen LogP contribution in [0, 0.1) is 5.92 Å². The van der Waals surface area contributed by atoms with Gasteiger partial charge in [-0.05, 0) is 30.9 Å². The predicted octanol–water partition coefficient (Wildman–Crippen LogP) is 1.73. The first kappa shape index (κ1) is 17.9. The van der Waals surface area contributed by atoms with Crippen molar-refractivity contribution in [2.24, 2.45) is 5.92 Å². The van der Waals surface area contributed by atoms with Gasteiger partial charge in [0.2, 0.25) is 5.91 Å². The molecule has 8 heteroatoms. The Morgan fingerprint density at radius 1 is 1.07 bits per heavy atom. The summed E-state index contributed by atoms with van der Waals surface area (Å²) < 4.78 is 0. The maximum Gasteiger partial charge on any atom is 0.274 e. The third-order valence-electron chi connectivity index (χ3n) is 5.08. The van der Waals surface area contributed by atoms with E-state index in [0.29, 0.717) is 30.5 Å². The van der Waals surface area contributed by atoms with Crippen LogP contribution in [0.1, 0.15) is 23.3 Å². The van der Waals surface area contributed by atoms with E-state index >= 15 is 0 Å². The number of fused-ring (bicyclic) bond motifs is 4. The van der Waals surface area contributed by atoms with Gasteiger partial charge in [0.1, 0.15) is 5.69 Å². The van der Waals surface area contributed by atoms with Crippen LogP contribution in [0.2, 0.25) is 0 Å². The average Bonchev–Trinajstić information content (AvgIpc) is 3.05. The minimum Gasteiger partial charge on any atom is -0.337 e. The monoisotopic (exact) mass is 383 g/mol. The molecular weight excluding hydrogens is 362 g/mol. The Hall–Kier alpha value is -2.48. The molecule has 3 aliphatic rings. The summed E-state index contributed by atoms with van der Waals surface area (Å²) in [7, 11) is 0. The zero-order valence-electron chi connectivity index (χ0n) is 14.9. The Morgan fingerprint density at radius 2 is 2.00 bits per heavy atom. The number of hydrogen-bond donors (Lipinski definition) is 0. The number of aromatic nitrogens is 3. The summed E-state index contributed by atoms with van der Waals surface area (Å²) in [6.45, 7) is 1.95. The summed E-state index contributed by atoms with van der Waals surface area (Å²) in [5.74, 6) is 0.706. The predicted molar refractivity (Wildman–Crippen MR) is 101 cm³/mol. The Balaban J connectivity index is 1.42. The van der Waals surface area contributed by atoms with Crippen LogP contribution in [-0.4, -0.2) is 68.0 Å². The number of carbonyl (C=O) groups is 2. The minimum atomic E-state index is -0.0999. The highest BCUT2D eigenvalue weighted by molar-refractivity contribution is 7.99. The molecule has 0 unspecified atom stereocenters. The van der Waals surface area contributed by atoms with Gasteiger partial charge in [0.15, 0.2) is 0 Å². The van der Waals surface area contributed by atoms with Gasteiger partial charge in [0, 0.05) is 44.3 Å². The van der Waals surface area contributed by atoms with Crippen molar-refractivity contribution in [3.63, 3.8) is 0 Å². The number of amides is 2. The van der Waals surface area contributed by atoms with Crippen LogP contribution in [0.4, 0.5) is 0 Å². The number of pyridine rings is 1. The molecule has 7 nitrogen and oxygen atoms in total. The Labute approximate surface area is 162 Å². The quantitative estimate of drug-likeness (QED) is 0.748. The maximum absolute atomic E-state index is 12.8. The third-order valence-corrected chi connectivity index (χ3v) is 6.01. The van der Waals surface area contributed by atoms with Crippen molar-refractivity contribution in [2.45, 2.75) is 23.9 Å². The van der Waals surface area contributed by atoms with Crippen molar-refractivity contribution in [3.8, 4) is 0 Å². The van der Waals surface area contributed by atoms with Gasteiger partial charge in [-0.2, -0.15) is 0 Å². The second-order valence-electron chi connectivity index (χ2n) is 6.90. The van der Waals surface area contributed by atoms with Gasteiger partial charge in [-0.3, -0.25) is 14.6 Å². The van der Waals surface area contributed by atoms with Crippen LogP contribution < -0.4 is 0 Å². The number of hydrogen-bond acceptors (Lipinski definition) is 6. The van der Waals surface area contributed by atoms with E-state index < -0.39 is 0 Å². The van der Waals surface area contributed by atoms with Crippen LogP contribution in [0.5, 0.6) is 0 Å². The summed E-state index contributed by atoms with van der Waals surface area (Å²) in [5, 5.41) is 0.852. The summed E-state index contributed by atoms with van der Waals surface area (Å²) >= 11 is 1.46. The van der Waals surface area contributed by atoms with Crippen molar-refractivity contribution < 1.29 is 9.59 Å². The van der Waals surface area contributed by atoms with Gasteiger partial charge in [0.25, 0.3) is 5.91 Å². The zero-order chi connectivity index (χ0) is 18.6. The lowest BCUT2D eigenvalue weighted by atomic mass is 9.95. The lowest BCUT2D eigenvalue weighted by Crippen LogP contribution is -2.48. The Kier molecular flexibility index (Phi) is 5.33. The van der Waals surface area contributed by atoms with Crippen LogP contribution in [0.3, 0.4) is 0 Å². The maximum atomic E-state index is 12.8. The van der Waals surface area contributed by atoms with E-state index in [1.54, 1.807) is 12.4 Å². The fourth-order valence-electron chi connectivity index (χ4n) is 3.78. The molecular formula is C19H21N5O2S. The van der Waals surface area contributed by atoms with Gasteiger partial charge >= 0.3 is 0 Å². The van der Waals surface area contributed by atoms with Crippen molar-refractivity contribution in [1.29, 1.82) is 0 Å². The highest BCUT2D eigenvalue weighted by atomic mass is 32.2. The van der Waals surface area contributed by atoms with Gasteiger partial charge in [-0.25, -0.2) is 9.97 Å². The van der Waals surface area contributed by atoms with E-state index in [4.69, 9.17) is 0 Å². The molecule has 27 heavy (non-hydrogen) atoms. The first-order valence-electron chi connectivity index (χ1n) is 9.09. The summed E-state index contributed by atoms with van der Waals surface area (Å²) in [5.41, 5.74) is 0.363. The van der Waals surface area contributed by atoms with Crippen LogP contribution in [0.25, 0.3) is 0 Å². The Morgan fingerprint density at radius 3 is 2.78 bits per heavy atom. The molecule has 140 valence electrons. The zero-order valence-corrected chi connectivity index (χ0v) is 15.7. The van der Waals surface area contributed by atoms with Crippen LogP contribution >= 0.6 is 11.8 Å². The number of carbonyl (C=O) groups excluding carboxylic acids is 2. The average molecular weight is 383 g/mol. The number of rotatable bonds is 4. The van der Waals surface area contributed by atoms with E-state index in [1.165, 1.54) is 24.2 Å². The lowest BCUT2D eigenvalue weighted by molar-refractivity contribution is -0.132. The van der Waals surface area contributed by atoms with Gasteiger partial charge in [-0.15, -0.1) is 0 Å². The molecule has 5 heterocycles. The minimum absolute atomic E-state index is 0.0706. The van der Waals surface area contributed by atoms with E-state index in [1.807, 2.05) is 28.0 Å². The number of thioether (sulfide) groups is 1.